The normalized spacial score (nSPS) is 11.1. The minimum atomic E-state index is -1.29. The van der Waals surface area contributed by atoms with E-state index in [9.17, 15) is 14.7 Å². The van der Waals surface area contributed by atoms with Gasteiger partial charge in [-0.25, -0.2) is 9.59 Å². The van der Waals surface area contributed by atoms with Crippen LogP contribution in [0.3, 0.4) is 0 Å². The van der Waals surface area contributed by atoms with Crippen molar-refractivity contribution in [3.63, 3.8) is 0 Å². The molecule has 110 valence electrons. The van der Waals surface area contributed by atoms with Gasteiger partial charge >= 0.3 is 12.0 Å². The first-order valence-corrected chi connectivity index (χ1v) is 7.56. The third-order valence-corrected chi connectivity index (χ3v) is 4.28. The van der Waals surface area contributed by atoms with Gasteiger partial charge in [-0.2, -0.15) is 0 Å². The summed E-state index contributed by atoms with van der Waals surface area (Å²) in [5.74, 6) is -1.05. The summed E-state index contributed by atoms with van der Waals surface area (Å²) < 4.78 is 1.42. The van der Waals surface area contributed by atoms with Crippen molar-refractivity contribution >= 4 is 49.5 Å². The third-order valence-electron chi connectivity index (χ3n) is 2.95. The Hall–Kier alpha value is -1.08. The molecule has 2 N–H and O–H groups in total. The van der Waals surface area contributed by atoms with Crippen LogP contribution in [0.5, 0.6) is 0 Å². The SMILES string of the molecule is CCN(C(=O)Nc1c(Br)cccc1Br)C(C)(C)C(=O)O. The van der Waals surface area contributed by atoms with E-state index < -0.39 is 17.5 Å². The molecule has 0 saturated heterocycles. The van der Waals surface area contributed by atoms with Crippen LogP contribution in [0.15, 0.2) is 27.1 Å². The van der Waals surface area contributed by atoms with Crippen LogP contribution >= 0.6 is 31.9 Å². The number of para-hydroxylation sites is 1. The Morgan fingerprint density at radius 1 is 1.30 bits per heavy atom. The summed E-state index contributed by atoms with van der Waals surface area (Å²) in [6.07, 6.45) is 0. The van der Waals surface area contributed by atoms with E-state index in [-0.39, 0.29) is 6.54 Å². The number of anilines is 1. The molecular formula is C13H16Br2N2O3. The zero-order valence-corrected chi connectivity index (χ0v) is 14.6. The van der Waals surface area contributed by atoms with Crippen molar-refractivity contribution < 1.29 is 14.7 Å². The van der Waals surface area contributed by atoms with E-state index in [0.717, 1.165) is 0 Å². The first-order chi connectivity index (χ1) is 9.21. The standard InChI is InChI=1S/C13H16Br2N2O3/c1-4-17(13(2,3)11(18)19)12(20)16-10-8(14)6-5-7-9(10)15/h5-7H,4H2,1-3H3,(H,16,20)(H,18,19). The van der Waals surface area contributed by atoms with Crippen LogP contribution in [-0.2, 0) is 4.79 Å². The predicted molar refractivity (Wildman–Crippen MR) is 85.0 cm³/mol. The summed E-state index contributed by atoms with van der Waals surface area (Å²) in [6.45, 7) is 5.01. The van der Waals surface area contributed by atoms with Crippen molar-refractivity contribution in [1.82, 2.24) is 4.90 Å². The molecule has 0 spiro atoms. The zero-order valence-electron chi connectivity index (χ0n) is 11.4. The molecule has 20 heavy (non-hydrogen) atoms. The number of amides is 2. The molecule has 2 amide bonds. The lowest BCUT2D eigenvalue weighted by molar-refractivity contribution is -0.147. The number of carboxylic acids is 1. The molecule has 0 saturated carbocycles. The maximum Gasteiger partial charge on any atom is 0.329 e. The van der Waals surface area contributed by atoms with Gasteiger partial charge in [-0.05, 0) is 64.8 Å². The summed E-state index contributed by atoms with van der Waals surface area (Å²) in [4.78, 5) is 24.8. The van der Waals surface area contributed by atoms with Crippen molar-refractivity contribution in [3.8, 4) is 0 Å². The Labute approximate surface area is 134 Å². The Balaban J connectivity index is 3.03. The molecule has 0 heterocycles. The highest BCUT2D eigenvalue weighted by Gasteiger charge is 2.37. The number of hydrogen-bond acceptors (Lipinski definition) is 2. The number of carbonyl (C=O) groups excluding carboxylic acids is 1. The van der Waals surface area contributed by atoms with Gasteiger partial charge in [0.15, 0.2) is 0 Å². The molecule has 5 nitrogen and oxygen atoms in total. The number of likely N-dealkylation sites (N-methyl/N-ethyl adjacent to an activating group) is 1. The average molecular weight is 408 g/mol. The van der Waals surface area contributed by atoms with Crippen molar-refractivity contribution in [3.05, 3.63) is 27.1 Å². The minimum Gasteiger partial charge on any atom is -0.480 e. The van der Waals surface area contributed by atoms with Gasteiger partial charge in [-0.1, -0.05) is 6.07 Å². The number of carboxylic acid groups (broad SMARTS) is 1. The van der Waals surface area contributed by atoms with Crippen LogP contribution in [-0.4, -0.2) is 34.1 Å². The highest BCUT2D eigenvalue weighted by Crippen LogP contribution is 2.31. The fraction of sp³-hybridized carbons (Fsp3) is 0.385. The van der Waals surface area contributed by atoms with Crippen LogP contribution in [0.1, 0.15) is 20.8 Å². The molecule has 0 aliphatic carbocycles. The second kappa shape index (κ2) is 6.58. The molecule has 0 radical (unpaired) electrons. The number of urea groups is 1. The fourth-order valence-electron chi connectivity index (χ4n) is 1.70. The first-order valence-electron chi connectivity index (χ1n) is 5.97. The fourth-order valence-corrected chi connectivity index (χ4v) is 2.90. The first kappa shape index (κ1) is 17.0. The Morgan fingerprint density at radius 3 is 2.20 bits per heavy atom. The highest BCUT2D eigenvalue weighted by atomic mass is 79.9. The number of aliphatic carboxylic acids is 1. The minimum absolute atomic E-state index is 0.285. The largest absolute Gasteiger partial charge is 0.480 e. The number of nitrogens with one attached hydrogen (secondary N) is 1. The molecule has 1 aromatic rings. The smallest absolute Gasteiger partial charge is 0.329 e. The van der Waals surface area contributed by atoms with E-state index in [2.05, 4.69) is 37.2 Å². The topological polar surface area (TPSA) is 69.6 Å². The number of carbonyl (C=O) groups is 2. The van der Waals surface area contributed by atoms with Gasteiger partial charge in [-0.15, -0.1) is 0 Å². The van der Waals surface area contributed by atoms with Crippen LogP contribution < -0.4 is 5.32 Å². The van der Waals surface area contributed by atoms with Crippen LogP contribution in [0.2, 0.25) is 0 Å². The van der Waals surface area contributed by atoms with Gasteiger partial charge in [0.25, 0.3) is 0 Å². The van der Waals surface area contributed by atoms with Gasteiger partial charge in [0.2, 0.25) is 0 Å². The van der Waals surface area contributed by atoms with Crippen LogP contribution in [0.4, 0.5) is 10.5 Å². The van der Waals surface area contributed by atoms with Gasteiger partial charge in [0, 0.05) is 15.5 Å². The zero-order chi connectivity index (χ0) is 15.5. The average Bonchev–Trinajstić information content (AvgIpc) is 2.34. The van der Waals surface area contributed by atoms with Crippen LogP contribution in [0.25, 0.3) is 0 Å². The molecule has 0 unspecified atom stereocenters. The Kier molecular flexibility index (Phi) is 5.59. The lowest BCUT2D eigenvalue weighted by Gasteiger charge is -2.34. The molecule has 7 heteroatoms. The molecule has 0 aromatic heterocycles. The monoisotopic (exact) mass is 406 g/mol. The maximum atomic E-state index is 12.3. The Morgan fingerprint density at radius 2 is 1.80 bits per heavy atom. The maximum absolute atomic E-state index is 12.3. The summed E-state index contributed by atoms with van der Waals surface area (Å²) in [6, 6.07) is 4.94. The van der Waals surface area contributed by atoms with Crippen LogP contribution in [0, 0.1) is 0 Å². The molecule has 0 aliphatic rings. The van der Waals surface area contributed by atoms with E-state index in [1.807, 2.05) is 6.07 Å². The second-order valence-electron chi connectivity index (χ2n) is 4.64. The van der Waals surface area contributed by atoms with E-state index in [4.69, 9.17) is 0 Å². The van der Waals surface area contributed by atoms with E-state index in [1.54, 1.807) is 19.1 Å². The summed E-state index contributed by atoms with van der Waals surface area (Å²) in [5, 5.41) is 11.9. The highest BCUT2D eigenvalue weighted by molar-refractivity contribution is 9.11. The lowest BCUT2D eigenvalue weighted by atomic mass is 10.0. The van der Waals surface area contributed by atoms with E-state index >= 15 is 0 Å². The van der Waals surface area contributed by atoms with Gasteiger partial charge in [-0.3, -0.25) is 0 Å². The Bertz CT molecular complexity index is 512. The summed E-state index contributed by atoms with van der Waals surface area (Å²) in [7, 11) is 0. The number of hydrogen-bond donors (Lipinski definition) is 2. The molecule has 0 bridgehead atoms. The van der Waals surface area contributed by atoms with Gasteiger partial charge in [0.05, 0.1) is 5.69 Å². The molecule has 1 rings (SSSR count). The summed E-state index contributed by atoms with van der Waals surface area (Å²) >= 11 is 6.69. The third kappa shape index (κ3) is 3.52. The number of rotatable bonds is 4. The molecular weight excluding hydrogens is 392 g/mol. The van der Waals surface area contributed by atoms with Crippen molar-refractivity contribution in [2.75, 3.05) is 11.9 Å². The predicted octanol–water partition coefficient (Wildman–Crippen LogP) is 3.93. The molecule has 0 aliphatic heterocycles. The number of benzene rings is 1. The van der Waals surface area contributed by atoms with Gasteiger partial charge < -0.3 is 15.3 Å². The molecule has 1 aromatic carbocycles. The lowest BCUT2D eigenvalue weighted by Crippen LogP contribution is -2.54. The van der Waals surface area contributed by atoms with Gasteiger partial charge in [0.1, 0.15) is 5.54 Å². The molecule has 0 fully saturated rings. The quantitative estimate of drug-likeness (QED) is 0.794. The van der Waals surface area contributed by atoms with Crippen molar-refractivity contribution in [1.29, 1.82) is 0 Å². The molecule has 0 atom stereocenters. The van der Waals surface area contributed by atoms with E-state index in [1.165, 1.54) is 18.7 Å². The van der Waals surface area contributed by atoms with Crippen molar-refractivity contribution in [2.24, 2.45) is 0 Å². The van der Waals surface area contributed by atoms with Crippen molar-refractivity contribution in [2.45, 2.75) is 26.3 Å². The number of halogens is 2. The second-order valence-corrected chi connectivity index (χ2v) is 6.34. The van der Waals surface area contributed by atoms with E-state index in [0.29, 0.717) is 14.6 Å². The summed E-state index contributed by atoms with van der Waals surface area (Å²) in [5.41, 5.74) is -0.718. The number of nitrogens with zero attached hydrogens (tertiary/aromatic N) is 1.